The van der Waals surface area contributed by atoms with Gasteiger partial charge in [0.2, 0.25) is 5.91 Å². The van der Waals surface area contributed by atoms with Crippen molar-refractivity contribution >= 4 is 5.91 Å². The molecule has 9 heteroatoms. The first-order chi connectivity index (χ1) is 11.9. The number of rotatable bonds is 6. The molecule has 3 heterocycles. The second-order valence-corrected chi connectivity index (χ2v) is 6.74. The summed E-state index contributed by atoms with van der Waals surface area (Å²) in [6.07, 6.45) is 3.90. The van der Waals surface area contributed by atoms with E-state index in [1.165, 1.54) is 4.90 Å². The first-order valence-corrected chi connectivity index (χ1v) is 8.30. The van der Waals surface area contributed by atoms with Crippen LogP contribution in [0.3, 0.4) is 0 Å². The van der Waals surface area contributed by atoms with Gasteiger partial charge in [-0.2, -0.15) is 5.10 Å². The molecule has 1 amide bonds. The van der Waals surface area contributed by atoms with E-state index in [2.05, 4.69) is 20.3 Å². The van der Waals surface area contributed by atoms with E-state index >= 15 is 0 Å². The van der Waals surface area contributed by atoms with Gasteiger partial charge in [-0.15, -0.1) is 5.10 Å². The molecule has 0 aliphatic carbocycles. The van der Waals surface area contributed by atoms with Crippen LogP contribution in [0.15, 0.2) is 12.4 Å². The maximum absolute atomic E-state index is 11.7. The molecule has 1 atom stereocenters. The number of hydrogen-bond acceptors (Lipinski definition) is 6. The minimum atomic E-state index is -0.0358. The smallest absolute Gasteiger partial charge is 0.248 e. The van der Waals surface area contributed by atoms with Gasteiger partial charge in [0.25, 0.3) is 0 Å². The molecule has 0 aromatic carbocycles. The topological polar surface area (TPSA) is 81.3 Å². The fraction of sp³-hybridized carbons (Fsp3) is 0.625. The van der Waals surface area contributed by atoms with Crippen molar-refractivity contribution in [3.05, 3.63) is 29.3 Å². The Morgan fingerprint density at radius 3 is 2.88 bits per heavy atom. The molecular weight excluding hydrogens is 322 g/mol. The predicted octanol–water partition coefficient (Wildman–Crippen LogP) is -0.247. The highest BCUT2D eigenvalue weighted by atomic mass is 16.5. The van der Waals surface area contributed by atoms with E-state index in [0.29, 0.717) is 6.61 Å². The average Bonchev–Trinajstić information content (AvgIpc) is 3.13. The number of hydrogen-bond donors (Lipinski definition) is 0. The maximum atomic E-state index is 11.7. The van der Waals surface area contributed by atoms with Crippen LogP contribution < -0.4 is 0 Å². The molecule has 25 heavy (non-hydrogen) atoms. The Morgan fingerprint density at radius 1 is 1.40 bits per heavy atom. The van der Waals surface area contributed by atoms with Crippen LogP contribution in [0.25, 0.3) is 0 Å². The SMILES string of the molecule is CN(C)C(=O)COCC1CN(Cc2cnn(C)c2)Cc2nnn(C)c21. The fourth-order valence-electron chi connectivity index (χ4n) is 3.18. The minimum Gasteiger partial charge on any atom is -0.371 e. The molecule has 0 spiro atoms. The van der Waals surface area contributed by atoms with Gasteiger partial charge < -0.3 is 9.64 Å². The van der Waals surface area contributed by atoms with E-state index in [9.17, 15) is 4.79 Å². The third-order valence-electron chi connectivity index (χ3n) is 4.39. The Morgan fingerprint density at radius 2 is 2.20 bits per heavy atom. The second kappa shape index (κ2) is 7.32. The van der Waals surface area contributed by atoms with Crippen LogP contribution in [0.5, 0.6) is 0 Å². The maximum Gasteiger partial charge on any atom is 0.248 e. The molecule has 0 saturated carbocycles. The highest BCUT2D eigenvalue weighted by Gasteiger charge is 2.30. The van der Waals surface area contributed by atoms with Gasteiger partial charge in [0, 0.05) is 65.5 Å². The largest absolute Gasteiger partial charge is 0.371 e. The predicted molar refractivity (Wildman–Crippen MR) is 90.6 cm³/mol. The lowest BCUT2D eigenvalue weighted by Crippen LogP contribution is -2.36. The molecule has 1 aliphatic heterocycles. The summed E-state index contributed by atoms with van der Waals surface area (Å²) in [7, 11) is 7.27. The minimum absolute atomic E-state index is 0.0358. The highest BCUT2D eigenvalue weighted by Crippen LogP contribution is 2.27. The lowest BCUT2D eigenvalue weighted by molar-refractivity contribution is -0.133. The molecule has 3 rings (SSSR count). The summed E-state index contributed by atoms with van der Waals surface area (Å²) in [6.45, 7) is 2.95. The van der Waals surface area contributed by atoms with Crippen molar-refractivity contribution in [2.45, 2.75) is 19.0 Å². The molecule has 0 fully saturated rings. The molecule has 0 radical (unpaired) electrons. The number of fused-ring (bicyclic) bond motifs is 1. The molecular formula is C16H25N7O2. The number of nitrogens with zero attached hydrogens (tertiary/aromatic N) is 7. The van der Waals surface area contributed by atoms with Crippen LogP contribution in [0.4, 0.5) is 0 Å². The number of amides is 1. The second-order valence-electron chi connectivity index (χ2n) is 6.74. The van der Waals surface area contributed by atoms with Crippen LogP contribution in [0.2, 0.25) is 0 Å². The third-order valence-corrected chi connectivity index (χ3v) is 4.39. The summed E-state index contributed by atoms with van der Waals surface area (Å²) >= 11 is 0. The van der Waals surface area contributed by atoms with Gasteiger partial charge in [-0.1, -0.05) is 5.21 Å². The normalized spacial score (nSPS) is 17.5. The molecule has 1 aliphatic rings. The quantitative estimate of drug-likeness (QED) is 0.717. The summed E-state index contributed by atoms with van der Waals surface area (Å²) in [6, 6.07) is 0. The fourth-order valence-corrected chi connectivity index (χ4v) is 3.18. The van der Waals surface area contributed by atoms with Gasteiger partial charge in [-0.25, -0.2) is 0 Å². The van der Waals surface area contributed by atoms with E-state index in [0.717, 1.165) is 36.6 Å². The Kier molecular flexibility index (Phi) is 5.14. The Labute approximate surface area is 147 Å². The lowest BCUT2D eigenvalue weighted by Gasteiger charge is -2.31. The van der Waals surface area contributed by atoms with Crippen molar-refractivity contribution in [1.82, 2.24) is 34.6 Å². The summed E-state index contributed by atoms with van der Waals surface area (Å²) in [5.41, 5.74) is 3.24. The Hall–Kier alpha value is -2.26. The van der Waals surface area contributed by atoms with Crippen molar-refractivity contribution in [2.24, 2.45) is 14.1 Å². The number of likely N-dealkylation sites (N-methyl/N-ethyl adjacent to an activating group) is 1. The molecule has 9 nitrogen and oxygen atoms in total. The van der Waals surface area contributed by atoms with Gasteiger partial charge >= 0.3 is 0 Å². The molecule has 0 bridgehead atoms. The van der Waals surface area contributed by atoms with Gasteiger partial charge in [0.1, 0.15) is 12.3 Å². The number of aromatic nitrogens is 5. The van der Waals surface area contributed by atoms with Crippen LogP contribution in [-0.4, -0.2) is 74.3 Å². The van der Waals surface area contributed by atoms with Crippen molar-refractivity contribution < 1.29 is 9.53 Å². The standard InChI is InChI=1S/C16H25N7O2/c1-20(2)15(24)11-25-10-13-8-23(7-12-5-17-21(3)6-12)9-14-16(13)22(4)19-18-14/h5-6,13H,7-11H2,1-4H3. The summed E-state index contributed by atoms with van der Waals surface area (Å²) in [5.74, 6) is 0.0989. The summed E-state index contributed by atoms with van der Waals surface area (Å²) in [4.78, 5) is 15.6. The first-order valence-electron chi connectivity index (χ1n) is 8.30. The summed E-state index contributed by atoms with van der Waals surface area (Å²) in [5, 5.41) is 12.7. The van der Waals surface area contributed by atoms with E-state index in [1.807, 2.05) is 31.2 Å². The van der Waals surface area contributed by atoms with Gasteiger partial charge in [0.15, 0.2) is 0 Å². The van der Waals surface area contributed by atoms with E-state index in [-0.39, 0.29) is 18.4 Å². The highest BCUT2D eigenvalue weighted by molar-refractivity contribution is 5.76. The van der Waals surface area contributed by atoms with Crippen molar-refractivity contribution in [3.63, 3.8) is 0 Å². The van der Waals surface area contributed by atoms with Gasteiger partial charge in [-0.3, -0.25) is 19.1 Å². The molecule has 2 aromatic heterocycles. The van der Waals surface area contributed by atoms with Crippen molar-refractivity contribution in [2.75, 3.05) is 33.9 Å². The van der Waals surface area contributed by atoms with Crippen molar-refractivity contribution in [1.29, 1.82) is 0 Å². The molecule has 2 aromatic rings. The summed E-state index contributed by atoms with van der Waals surface area (Å²) < 4.78 is 9.30. The van der Waals surface area contributed by atoms with Gasteiger partial charge in [-0.05, 0) is 0 Å². The molecule has 1 unspecified atom stereocenters. The van der Waals surface area contributed by atoms with E-state index < -0.39 is 0 Å². The van der Waals surface area contributed by atoms with Crippen LogP contribution >= 0.6 is 0 Å². The number of ether oxygens (including phenoxy) is 1. The van der Waals surface area contributed by atoms with Crippen LogP contribution in [0, 0.1) is 0 Å². The number of carbonyl (C=O) groups is 1. The lowest BCUT2D eigenvalue weighted by atomic mass is 9.98. The zero-order chi connectivity index (χ0) is 18.0. The zero-order valence-electron chi connectivity index (χ0n) is 15.2. The Bertz CT molecular complexity index is 737. The average molecular weight is 347 g/mol. The van der Waals surface area contributed by atoms with Gasteiger partial charge in [0.05, 0.1) is 18.5 Å². The van der Waals surface area contributed by atoms with E-state index in [1.54, 1.807) is 18.8 Å². The Balaban J connectivity index is 1.67. The monoisotopic (exact) mass is 347 g/mol. The molecule has 0 N–H and O–H groups in total. The molecule has 0 saturated heterocycles. The zero-order valence-corrected chi connectivity index (χ0v) is 15.2. The van der Waals surface area contributed by atoms with Crippen molar-refractivity contribution in [3.8, 4) is 0 Å². The third kappa shape index (κ3) is 4.05. The first kappa shape index (κ1) is 17.6. The van der Waals surface area contributed by atoms with E-state index in [4.69, 9.17) is 4.74 Å². The number of carbonyl (C=O) groups excluding carboxylic acids is 1. The molecule has 136 valence electrons. The van der Waals surface area contributed by atoms with Crippen LogP contribution in [0.1, 0.15) is 22.9 Å². The van der Waals surface area contributed by atoms with Crippen LogP contribution in [-0.2, 0) is 36.7 Å². The number of aryl methyl sites for hydroxylation is 2.